The molecule has 14 nitrogen and oxygen atoms in total. The van der Waals surface area contributed by atoms with E-state index in [-0.39, 0.29) is 42.5 Å². The Morgan fingerprint density at radius 1 is 0.688 bits per heavy atom. The molecule has 0 radical (unpaired) electrons. The molecule has 3 unspecified atom stereocenters. The Labute approximate surface area is 282 Å². The first-order chi connectivity index (χ1) is 22.4. The molecule has 4 aliphatic rings. The van der Waals surface area contributed by atoms with Gasteiger partial charge in [0, 0.05) is 19.5 Å². The number of nitrogens with zero attached hydrogens (tertiary/aromatic N) is 2. The van der Waals surface area contributed by atoms with Gasteiger partial charge in [0.25, 0.3) is 0 Å². The summed E-state index contributed by atoms with van der Waals surface area (Å²) in [5, 5.41) is 65.2. The molecule has 0 spiro atoms. The Kier molecular flexibility index (Phi) is 13.8. The van der Waals surface area contributed by atoms with Crippen molar-refractivity contribution < 1.29 is 59.7 Å². The fourth-order valence-electron chi connectivity index (χ4n) is 10.2. The predicted molar refractivity (Wildman–Crippen MR) is 172 cm³/mol. The molecule has 4 fully saturated rings. The molecular formula is C34H56N2O12. The molecule has 7 N–H and O–H groups in total. The van der Waals surface area contributed by atoms with Crippen LogP contribution in [0.5, 0.6) is 0 Å². The van der Waals surface area contributed by atoms with Gasteiger partial charge in [0.05, 0.1) is 38.4 Å². The molecule has 0 bridgehead atoms. The van der Waals surface area contributed by atoms with Crippen molar-refractivity contribution in [2.45, 2.75) is 97.2 Å². The van der Waals surface area contributed by atoms with E-state index in [2.05, 4.69) is 20.8 Å². The number of aliphatic carboxylic acids is 5. The number of carbonyl (C=O) groups is 5. The van der Waals surface area contributed by atoms with Gasteiger partial charge in [0.2, 0.25) is 0 Å². The van der Waals surface area contributed by atoms with Gasteiger partial charge in [-0.05, 0) is 104 Å². The highest BCUT2D eigenvalue weighted by Gasteiger charge is 2.63. The van der Waals surface area contributed by atoms with Crippen molar-refractivity contribution in [3.63, 3.8) is 0 Å². The van der Waals surface area contributed by atoms with Crippen LogP contribution in [0.25, 0.3) is 0 Å². The zero-order valence-electron chi connectivity index (χ0n) is 28.5. The van der Waals surface area contributed by atoms with Crippen LogP contribution in [-0.4, -0.2) is 127 Å². The van der Waals surface area contributed by atoms with Crippen molar-refractivity contribution in [1.82, 2.24) is 9.80 Å². The number of aliphatic hydroxyl groups is 2. The molecule has 4 rings (SSSR count). The number of hydrogen-bond acceptors (Lipinski definition) is 9. The number of carboxylic acid groups (broad SMARTS) is 5. The summed E-state index contributed by atoms with van der Waals surface area (Å²) in [5.74, 6) is -2.36. The second kappa shape index (κ2) is 16.7. The van der Waals surface area contributed by atoms with E-state index in [9.17, 15) is 34.2 Å². The van der Waals surface area contributed by atoms with Gasteiger partial charge in [0.15, 0.2) is 0 Å². The van der Waals surface area contributed by atoms with E-state index < -0.39 is 56.0 Å². The monoisotopic (exact) mass is 684 g/mol. The summed E-state index contributed by atoms with van der Waals surface area (Å²) in [6.45, 7) is 4.74. The van der Waals surface area contributed by atoms with Gasteiger partial charge in [-0.15, -0.1) is 0 Å². The van der Waals surface area contributed by atoms with Crippen molar-refractivity contribution in [1.29, 1.82) is 0 Å². The largest absolute Gasteiger partial charge is 0.481 e. The standard InChI is InChI=1S/C24H40O4.C10H16N2O8/c1-14(4-9-22(27)28)18-7-8-19-17-6-5-15-12-16(25)10-11-23(15,2)20(17)13-21(26)24(18,19)3;13-7(14)3-11(4-8(15)16)1-2-12(5-9(17)18)6-10(19)20/h14-21,25-26H,4-13H2,1-3H3,(H,27,28);1-6H2,(H,13,14)(H,15,16)(H,17,18)(H,19,20)/t14-,15-,16-,17?,18-,19?,20?,21+,23+,24-;/m1./s1. The lowest BCUT2D eigenvalue weighted by atomic mass is 9.43. The third-order valence-electron chi connectivity index (χ3n) is 12.5. The Bertz CT molecular complexity index is 1100. The summed E-state index contributed by atoms with van der Waals surface area (Å²) in [7, 11) is 0. The molecule has 0 aromatic carbocycles. The molecule has 0 aliphatic heterocycles. The summed E-state index contributed by atoms with van der Waals surface area (Å²) in [4.78, 5) is 55.4. The van der Waals surface area contributed by atoms with E-state index in [1.165, 1.54) is 19.3 Å². The van der Waals surface area contributed by atoms with E-state index >= 15 is 0 Å². The smallest absolute Gasteiger partial charge is 0.317 e. The van der Waals surface area contributed by atoms with Crippen LogP contribution in [-0.2, 0) is 24.0 Å². The van der Waals surface area contributed by atoms with Crippen molar-refractivity contribution in [2.24, 2.45) is 46.3 Å². The van der Waals surface area contributed by atoms with Crippen molar-refractivity contribution in [2.75, 3.05) is 39.3 Å². The van der Waals surface area contributed by atoms with Crippen LogP contribution in [0.1, 0.15) is 85.0 Å². The van der Waals surface area contributed by atoms with E-state index in [1.807, 2.05) is 0 Å². The number of fused-ring (bicyclic) bond motifs is 5. The Hall–Kier alpha value is -2.81. The molecule has 0 heterocycles. The van der Waals surface area contributed by atoms with Crippen LogP contribution in [0.4, 0.5) is 0 Å². The molecule has 0 saturated heterocycles. The maximum atomic E-state index is 11.5. The fourth-order valence-corrected chi connectivity index (χ4v) is 10.2. The molecule has 4 aliphatic carbocycles. The van der Waals surface area contributed by atoms with Gasteiger partial charge in [-0.1, -0.05) is 20.8 Å². The van der Waals surface area contributed by atoms with Crippen molar-refractivity contribution >= 4 is 29.8 Å². The van der Waals surface area contributed by atoms with Crippen LogP contribution >= 0.6 is 0 Å². The minimum Gasteiger partial charge on any atom is -0.481 e. The van der Waals surface area contributed by atoms with E-state index in [4.69, 9.17) is 25.5 Å². The predicted octanol–water partition coefficient (Wildman–Crippen LogP) is 2.41. The first-order valence-electron chi connectivity index (χ1n) is 17.3. The lowest BCUT2D eigenvalue weighted by Gasteiger charge is -2.62. The van der Waals surface area contributed by atoms with Gasteiger partial charge >= 0.3 is 29.8 Å². The maximum Gasteiger partial charge on any atom is 0.317 e. The van der Waals surface area contributed by atoms with Gasteiger partial charge in [-0.25, -0.2) is 0 Å². The molecule has 0 amide bonds. The summed E-state index contributed by atoms with van der Waals surface area (Å²) in [6.07, 6.45) is 9.26. The quantitative estimate of drug-likeness (QED) is 0.131. The first-order valence-corrected chi connectivity index (χ1v) is 17.3. The lowest BCUT2D eigenvalue weighted by molar-refractivity contribution is -0.175. The van der Waals surface area contributed by atoms with E-state index in [0.29, 0.717) is 35.5 Å². The van der Waals surface area contributed by atoms with Gasteiger partial charge < -0.3 is 35.7 Å². The Morgan fingerprint density at radius 2 is 1.21 bits per heavy atom. The van der Waals surface area contributed by atoms with E-state index in [1.54, 1.807) is 0 Å². The molecule has 14 heteroatoms. The average Bonchev–Trinajstić information content (AvgIpc) is 3.33. The normalized spacial score (nSPS) is 34.6. The molecular weight excluding hydrogens is 628 g/mol. The zero-order chi connectivity index (χ0) is 36.0. The first kappa shape index (κ1) is 39.6. The SMILES string of the molecule is C[C@H](CCC(=O)O)[C@H]1CCC2C3CC[C@@H]4C[C@H](O)CC[C@]4(C)C3C[C@H](O)[C@@]21C.O=C(O)CN(CCN(CC(=O)O)CC(=O)O)CC(=O)O. The van der Waals surface area contributed by atoms with Gasteiger partial charge in [-0.2, -0.15) is 0 Å². The number of hydrogen-bond donors (Lipinski definition) is 7. The Morgan fingerprint density at radius 3 is 1.69 bits per heavy atom. The van der Waals surface area contributed by atoms with Crippen molar-refractivity contribution in [3.8, 4) is 0 Å². The molecule has 0 aromatic heterocycles. The minimum atomic E-state index is -1.23. The highest BCUT2D eigenvalue weighted by molar-refractivity contribution is 5.73. The zero-order valence-corrected chi connectivity index (χ0v) is 28.5. The van der Waals surface area contributed by atoms with Crippen LogP contribution in [0.3, 0.4) is 0 Å². The highest BCUT2D eigenvalue weighted by atomic mass is 16.4. The molecule has 274 valence electrons. The van der Waals surface area contributed by atoms with Crippen LogP contribution in [0.15, 0.2) is 0 Å². The number of aliphatic hydroxyl groups excluding tert-OH is 2. The van der Waals surface area contributed by atoms with Crippen LogP contribution in [0, 0.1) is 46.3 Å². The molecule has 4 saturated carbocycles. The molecule has 0 aromatic rings. The van der Waals surface area contributed by atoms with Crippen LogP contribution in [0.2, 0.25) is 0 Å². The summed E-state index contributed by atoms with van der Waals surface area (Å²) < 4.78 is 0. The van der Waals surface area contributed by atoms with Gasteiger partial charge in [-0.3, -0.25) is 33.8 Å². The summed E-state index contributed by atoms with van der Waals surface area (Å²) in [6, 6.07) is 0. The topological polar surface area (TPSA) is 233 Å². The number of carboxylic acids is 5. The fraction of sp³-hybridized carbons (Fsp3) is 0.853. The highest BCUT2D eigenvalue weighted by Crippen LogP contribution is 2.68. The van der Waals surface area contributed by atoms with Gasteiger partial charge in [0.1, 0.15) is 0 Å². The summed E-state index contributed by atoms with van der Waals surface area (Å²) >= 11 is 0. The third kappa shape index (κ3) is 9.66. The summed E-state index contributed by atoms with van der Waals surface area (Å²) in [5.41, 5.74) is 0.216. The maximum absolute atomic E-state index is 11.5. The molecule has 48 heavy (non-hydrogen) atoms. The third-order valence-corrected chi connectivity index (χ3v) is 12.5. The Balaban J connectivity index is 0.000000279. The number of rotatable bonds is 15. The molecule has 10 atom stereocenters. The lowest BCUT2D eigenvalue weighted by Crippen LogP contribution is -2.58. The second-order valence-corrected chi connectivity index (χ2v) is 15.3. The van der Waals surface area contributed by atoms with E-state index in [0.717, 1.165) is 48.3 Å². The second-order valence-electron chi connectivity index (χ2n) is 15.3. The minimum absolute atomic E-state index is 0.0591. The average molecular weight is 685 g/mol. The van der Waals surface area contributed by atoms with Crippen LogP contribution < -0.4 is 0 Å². The van der Waals surface area contributed by atoms with Crippen molar-refractivity contribution in [3.05, 3.63) is 0 Å².